The number of rotatable bonds is 10. The van der Waals surface area contributed by atoms with Crippen LogP contribution in [0.25, 0.3) is 0 Å². The molecule has 13 nitrogen and oxygen atoms in total. The molecule has 0 bridgehead atoms. The van der Waals surface area contributed by atoms with E-state index in [9.17, 15) is 39.3 Å². The third-order valence-electron chi connectivity index (χ3n) is 10.8. The van der Waals surface area contributed by atoms with E-state index in [1.54, 1.807) is 65.4 Å². The molecular formula is C39H48N4O9Si. The largest absolute Gasteiger partial charge is 0.432 e. The fourth-order valence-corrected chi connectivity index (χ4v) is 10.8. The Morgan fingerprint density at radius 3 is 2.15 bits per heavy atom. The molecule has 6 N–H and O–H groups in total. The topological polar surface area (TPSA) is 189 Å². The van der Waals surface area contributed by atoms with Crippen LogP contribution in [0.15, 0.2) is 66.7 Å². The SMILES string of the molecule is C[C@H](O)C(=O)Nc1ccc(CN2C(=O)[C@]3(O[C@H](CC(=O)N4Cc5ccccc5C[C@H]4CO)[C@@H]([Si](C)(C)O)[C@@H]3C)c3cc(NC(=O)[C@H](C)O)ccc32)cc1. The van der Waals surface area contributed by atoms with Gasteiger partial charge in [-0.15, -0.1) is 0 Å². The van der Waals surface area contributed by atoms with Gasteiger partial charge in [-0.2, -0.15) is 0 Å². The first kappa shape index (κ1) is 38.3. The van der Waals surface area contributed by atoms with E-state index in [1.807, 2.05) is 31.2 Å². The summed E-state index contributed by atoms with van der Waals surface area (Å²) >= 11 is 0. The van der Waals surface area contributed by atoms with Gasteiger partial charge in [0, 0.05) is 34.9 Å². The van der Waals surface area contributed by atoms with Crippen molar-refractivity contribution >= 4 is 49.0 Å². The highest BCUT2D eigenvalue weighted by Gasteiger charge is 2.66. The predicted octanol–water partition coefficient (Wildman–Crippen LogP) is 3.01. The maximum atomic E-state index is 15.0. The van der Waals surface area contributed by atoms with Crippen LogP contribution >= 0.6 is 0 Å². The lowest BCUT2D eigenvalue weighted by Crippen LogP contribution is -2.48. The molecule has 3 aromatic carbocycles. The van der Waals surface area contributed by atoms with Gasteiger partial charge in [0.05, 0.1) is 37.4 Å². The summed E-state index contributed by atoms with van der Waals surface area (Å²) in [6, 6.07) is 19.3. The van der Waals surface area contributed by atoms with Crippen LogP contribution in [-0.4, -0.2) is 87.9 Å². The van der Waals surface area contributed by atoms with Gasteiger partial charge in [-0.25, -0.2) is 0 Å². The molecule has 3 aromatic rings. The van der Waals surface area contributed by atoms with Crippen molar-refractivity contribution in [2.45, 2.75) is 95.3 Å². The monoisotopic (exact) mass is 744 g/mol. The minimum absolute atomic E-state index is 0.118. The molecule has 1 spiro atoms. The first-order valence-corrected chi connectivity index (χ1v) is 21.0. The highest BCUT2D eigenvalue weighted by atomic mass is 28.4. The highest BCUT2D eigenvalue weighted by molar-refractivity contribution is 6.71. The van der Waals surface area contributed by atoms with Gasteiger partial charge in [-0.3, -0.25) is 19.2 Å². The Hall–Kier alpha value is -4.44. The third-order valence-corrected chi connectivity index (χ3v) is 13.3. The molecule has 0 aliphatic carbocycles. The van der Waals surface area contributed by atoms with E-state index in [4.69, 9.17) is 4.74 Å². The number of benzene rings is 3. The van der Waals surface area contributed by atoms with E-state index in [1.165, 1.54) is 13.8 Å². The molecule has 7 atom stereocenters. The quantitative estimate of drug-likeness (QED) is 0.170. The van der Waals surface area contributed by atoms with E-state index in [-0.39, 0.29) is 31.4 Å². The Morgan fingerprint density at radius 2 is 1.55 bits per heavy atom. The third kappa shape index (κ3) is 7.27. The smallest absolute Gasteiger partial charge is 0.264 e. The van der Waals surface area contributed by atoms with Crippen molar-refractivity contribution < 1.29 is 44.0 Å². The average Bonchev–Trinajstić information content (AvgIpc) is 3.53. The number of hydrogen-bond donors (Lipinski definition) is 6. The standard InChI is InChI=1S/C39H48N4O9Si/c1-22-35(53(4,5)51)33(18-34(47)42-20-27-9-7-6-8-26(27)16-30(42)21-44)52-39(22)31-17-29(41-37(49)24(3)46)14-15-32(31)43(38(39)50)19-25-10-12-28(13-11-25)40-36(48)23(2)45/h6-15,17,22-24,30,33,35,44-46,51H,16,18-21H2,1-5H3,(H,40,48)(H,41,49)/t22-,23-,24-,30-,33+,35-,39+/m0/s1. The van der Waals surface area contributed by atoms with Gasteiger partial charge in [-0.1, -0.05) is 43.3 Å². The molecule has 0 aromatic heterocycles. The number of aliphatic hydroxyl groups excluding tert-OH is 3. The lowest BCUT2D eigenvalue weighted by molar-refractivity contribution is -0.151. The molecule has 3 aliphatic heterocycles. The van der Waals surface area contributed by atoms with Crippen LogP contribution in [0.4, 0.5) is 17.1 Å². The summed E-state index contributed by atoms with van der Waals surface area (Å²) in [5.74, 6) is -2.41. The summed E-state index contributed by atoms with van der Waals surface area (Å²) in [5, 5.41) is 35.1. The zero-order valence-electron chi connectivity index (χ0n) is 30.6. The lowest BCUT2D eigenvalue weighted by Gasteiger charge is -2.37. The minimum atomic E-state index is -3.14. The number of carbonyl (C=O) groups excluding carboxylic acids is 4. The van der Waals surface area contributed by atoms with E-state index in [0.717, 1.165) is 16.7 Å². The Morgan fingerprint density at radius 1 is 0.943 bits per heavy atom. The minimum Gasteiger partial charge on any atom is -0.432 e. The van der Waals surface area contributed by atoms with Crippen molar-refractivity contribution in [3.05, 3.63) is 89.0 Å². The van der Waals surface area contributed by atoms with Gasteiger partial charge in [-0.05, 0) is 80.4 Å². The van der Waals surface area contributed by atoms with Crippen LogP contribution in [0.1, 0.15) is 49.4 Å². The molecule has 3 heterocycles. The number of anilines is 3. The second-order valence-corrected chi connectivity index (χ2v) is 19.0. The van der Waals surface area contributed by atoms with Crippen LogP contribution < -0.4 is 15.5 Å². The molecule has 1 fully saturated rings. The predicted molar refractivity (Wildman–Crippen MR) is 200 cm³/mol. The number of nitrogens with one attached hydrogen (secondary N) is 2. The first-order valence-electron chi connectivity index (χ1n) is 18.0. The van der Waals surface area contributed by atoms with Crippen LogP contribution in [0, 0.1) is 5.92 Å². The van der Waals surface area contributed by atoms with Crippen LogP contribution in [0.5, 0.6) is 0 Å². The van der Waals surface area contributed by atoms with Crippen LogP contribution in [-0.2, 0) is 49.0 Å². The number of fused-ring (bicyclic) bond motifs is 3. The van der Waals surface area contributed by atoms with Crippen LogP contribution in [0.2, 0.25) is 18.6 Å². The van der Waals surface area contributed by atoms with Gasteiger partial charge in [0.2, 0.25) is 5.91 Å². The summed E-state index contributed by atoms with van der Waals surface area (Å²) in [5.41, 5.74) is 2.43. The second-order valence-electron chi connectivity index (χ2n) is 15.0. The Kier molecular flexibility index (Phi) is 10.7. The van der Waals surface area contributed by atoms with Crippen molar-refractivity contribution in [2.24, 2.45) is 5.92 Å². The van der Waals surface area contributed by atoms with E-state index >= 15 is 0 Å². The molecular weight excluding hydrogens is 697 g/mol. The summed E-state index contributed by atoms with van der Waals surface area (Å²) < 4.78 is 6.90. The van der Waals surface area contributed by atoms with Gasteiger partial charge in [0.15, 0.2) is 13.9 Å². The zero-order valence-corrected chi connectivity index (χ0v) is 31.6. The van der Waals surface area contributed by atoms with Crippen molar-refractivity contribution in [3.63, 3.8) is 0 Å². The molecule has 0 radical (unpaired) electrons. The average molecular weight is 745 g/mol. The summed E-state index contributed by atoms with van der Waals surface area (Å²) in [4.78, 5) is 68.7. The van der Waals surface area contributed by atoms with E-state index < -0.39 is 61.5 Å². The fourth-order valence-electron chi connectivity index (χ4n) is 8.21. The number of carbonyl (C=O) groups is 4. The highest BCUT2D eigenvalue weighted by Crippen LogP contribution is 2.60. The van der Waals surface area contributed by atoms with Crippen molar-refractivity contribution in [2.75, 3.05) is 22.1 Å². The molecule has 4 amide bonds. The van der Waals surface area contributed by atoms with Crippen molar-refractivity contribution in [1.29, 1.82) is 0 Å². The van der Waals surface area contributed by atoms with Gasteiger partial charge < -0.3 is 45.3 Å². The van der Waals surface area contributed by atoms with Gasteiger partial charge in [0.25, 0.3) is 17.7 Å². The maximum Gasteiger partial charge on any atom is 0.264 e. The number of ether oxygens (including phenoxy) is 1. The van der Waals surface area contributed by atoms with Gasteiger partial charge in [0.1, 0.15) is 12.2 Å². The number of hydrogen-bond acceptors (Lipinski definition) is 9. The number of amides is 4. The lowest BCUT2D eigenvalue weighted by atomic mass is 9.82. The number of aliphatic hydroxyl groups is 3. The fraction of sp³-hybridized carbons (Fsp3) is 0.436. The Labute approximate surface area is 309 Å². The molecule has 1 saturated heterocycles. The molecule has 6 rings (SSSR count). The maximum absolute atomic E-state index is 15.0. The molecule has 3 aliphatic rings. The number of nitrogens with zero attached hydrogens (tertiary/aromatic N) is 2. The Balaban J connectivity index is 1.36. The van der Waals surface area contributed by atoms with Crippen molar-refractivity contribution in [1.82, 2.24) is 4.90 Å². The molecule has 282 valence electrons. The summed E-state index contributed by atoms with van der Waals surface area (Å²) in [6.07, 6.45) is -2.92. The van der Waals surface area contributed by atoms with E-state index in [0.29, 0.717) is 35.6 Å². The molecule has 0 saturated carbocycles. The summed E-state index contributed by atoms with van der Waals surface area (Å²) in [6.45, 7) is 8.35. The zero-order chi connectivity index (χ0) is 38.4. The van der Waals surface area contributed by atoms with Crippen molar-refractivity contribution in [3.8, 4) is 0 Å². The Bertz CT molecular complexity index is 1900. The first-order chi connectivity index (χ1) is 25.0. The molecule has 14 heteroatoms. The normalized spacial score (nSPS) is 24.8. The van der Waals surface area contributed by atoms with Gasteiger partial charge >= 0.3 is 0 Å². The summed E-state index contributed by atoms with van der Waals surface area (Å²) in [7, 11) is -3.14. The van der Waals surface area contributed by atoms with E-state index in [2.05, 4.69) is 10.6 Å². The second kappa shape index (κ2) is 14.8. The van der Waals surface area contributed by atoms with Crippen LogP contribution in [0.3, 0.4) is 0 Å². The molecule has 53 heavy (non-hydrogen) atoms. The molecule has 0 unspecified atom stereocenters.